The fourth-order valence-electron chi connectivity index (χ4n) is 10.8. The highest BCUT2D eigenvalue weighted by molar-refractivity contribution is 7.81. The zero-order valence-corrected chi connectivity index (χ0v) is 38.7. The second kappa shape index (κ2) is 18.6. The van der Waals surface area contributed by atoms with E-state index in [1.54, 1.807) is 24.9 Å². The second-order valence-corrected chi connectivity index (χ2v) is 21.9. The molecule has 14 heteroatoms. The van der Waals surface area contributed by atoms with Gasteiger partial charge in [-0.05, 0) is 107 Å². The van der Waals surface area contributed by atoms with Crippen molar-refractivity contribution in [2.24, 2.45) is 34.0 Å². The Hall–Kier alpha value is -2.84. The fourth-order valence-corrected chi connectivity index (χ4v) is 11.7. The van der Waals surface area contributed by atoms with Crippen LogP contribution in [-0.2, 0) is 35.1 Å². The van der Waals surface area contributed by atoms with Crippen molar-refractivity contribution in [3.05, 3.63) is 12.7 Å². The van der Waals surface area contributed by atoms with Crippen LogP contribution in [0.5, 0.6) is 0 Å². The molecule has 0 aromatic heterocycles. The fraction of sp³-hybridized carbons (Fsp3) is 0.844. The lowest BCUT2D eigenvalue weighted by molar-refractivity contribution is -0.147. The van der Waals surface area contributed by atoms with Gasteiger partial charge in [0.1, 0.15) is 23.7 Å². The average molecular weight is 844 g/mol. The van der Waals surface area contributed by atoms with Crippen LogP contribution < -0.4 is 20.7 Å². The van der Waals surface area contributed by atoms with Crippen molar-refractivity contribution in [2.75, 3.05) is 26.7 Å². The molecule has 0 aromatic rings. The van der Waals surface area contributed by atoms with Crippen LogP contribution in [0, 0.1) is 34.0 Å². The summed E-state index contributed by atoms with van der Waals surface area (Å²) in [5.41, 5.74) is -2.03. The van der Waals surface area contributed by atoms with E-state index in [9.17, 15) is 23.4 Å². The molecule has 8 unspecified atom stereocenters. The maximum Gasteiger partial charge on any atom is 0.259 e. The molecule has 13 nitrogen and oxygen atoms in total. The Morgan fingerprint density at radius 2 is 1.58 bits per heavy atom. The lowest BCUT2D eigenvalue weighted by Crippen LogP contribution is -2.64. The number of nitrogens with one attached hydrogen (secondary N) is 4. The van der Waals surface area contributed by atoms with Crippen LogP contribution in [0.4, 0.5) is 0 Å². The van der Waals surface area contributed by atoms with Gasteiger partial charge in [-0.25, -0.2) is 8.51 Å². The topological polar surface area (TPSA) is 160 Å². The van der Waals surface area contributed by atoms with Crippen molar-refractivity contribution in [3.63, 3.8) is 0 Å². The Balaban J connectivity index is 1.41. The lowest BCUT2D eigenvalue weighted by atomic mass is 9.75. The Bertz CT molecular complexity index is 1600. The van der Waals surface area contributed by atoms with E-state index >= 15 is 4.79 Å². The molecule has 5 aliphatic rings. The van der Waals surface area contributed by atoms with Crippen LogP contribution in [-0.4, -0.2) is 110 Å². The summed E-state index contributed by atoms with van der Waals surface area (Å²) < 4.78 is 17.1. The SMILES string of the molecule is C=CC1CC1(NC(=O)C(C)N(CC1C(C)(C)C12CCC2)C(=O)C(NC(=O)C(NC(=O)C1CCCCN1C(C)C)C1CCCCC1)C(C)(C)C)C(=O)NS(=O)N(C)CCC. The summed E-state index contributed by atoms with van der Waals surface area (Å²) in [5, 5.41) is 9.36. The molecule has 0 bridgehead atoms. The molecule has 1 spiro atoms. The van der Waals surface area contributed by atoms with Crippen molar-refractivity contribution in [1.29, 1.82) is 0 Å². The Labute approximate surface area is 357 Å². The normalized spacial score (nSPS) is 28.4. The van der Waals surface area contributed by atoms with Crippen LogP contribution in [0.1, 0.15) is 146 Å². The molecule has 59 heavy (non-hydrogen) atoms. The number of hydrogen-bond donors (Lipinski definition) is 4. The van der Waals surface area contributed by atoms with E-state index in [1.165, 1.54) is 4.31 Å². The van der Waals surface area contributed by atoms with Gasteiger partial charge in [-0.2, -0.15) is 0 Å². The zero-order chi connectivity index (χ0) is 43.7. The highest BCUT2D eigenvalue weighted by atomic mass is 32.2. The molecule has 1 saturated heterocycles. The van der Waals surface area contributed by atoms with E-state index in [2.05, 4.69) is 59.8 Å². The van der Waals surface area contributed by atoms with Gasteiger partial charge in [0.15, 0.2) is 11.2 Å². The maximum atomic E-state index is 15.3. The van der Waals surface area contributed by atoms with E-state index in [4.69, 9.17) is 0 Å². The summed E-state index contributed by atoms with van der Waals surface area (Å²) >= 11 is -1.79. The smallest absolute Gasteiger partial charge is 0.259 e. The molecule has 1 heterocycles. The van der Waals surface area contributed by atoms with Gasteiger partial charge < -0.3 is 20.9 Å². The van der Waals surface area contributed by atoms with Crippen LogP contribution in [0.25, 0.3) is 0 Å². The summed E-state index contributed by atoms with van der Waals surface area (Å²) in [5.74, 6) is -2.19. The minimum atomic E-state index is -1.79. The number of carbonyl (C=O) groups is 5. The molecule has 0 aromatic carbocycles. The van der Waals surface area contributed by atoms with E-state index in [1.807, 2.05) is 27.7 Å². The first-order chi connectivity index (χ1) is 27.7. The summed E-state index contributed by atoms with van der Waals surface area (Å²) in [4.78, 5) is 76.1. The predicted octanol–water partition coefficient (Wildman–Crippen LogP) is 4.99. The first kappa shape index (κ1) is 47.2. The van der Waals surface area contributed by atoms with Crippen molar-refractivity contribution >= 4 is 40.7 Å². The highest BCUT2D eigenvalue weighted by Gasteiger charge is 2.73. The Morgan fingerprint density at radius 1 is 0.932 bits per heavy atom. The monoisotopic (exact) mass is 844 g/mol. The van der Waals surface area contributed by atoms with Crippen molar-refractivity contribution in [2.45, 2.75) is 182 Å². The number of nitrogens with zero attached hydrogens (tertiary/aromatic N) is 3. The molecule has 5 rings (SSSR count). The number of rotatable bonds is 18. The van der Waals surface area contributed by atoms with Crippen molar-refractivity contribution < 1.29 is 28.2 Å². The summed E-state index contributed by atoms with van der Waals surface area (Å²) in [7, 11) is 1.66. The van der Waals surface area contributed by atoms with Gasteiger partial charge in [0.2, 0.25) is 23.6 Å². The molecule has 5 fully saturated rings. The number of carbonyl (C=O) groups excluding carboxylic acids is 5. The van der Waals surface area contributed by atoms with Gasteiger partial charge in [-0.15, -0.1) is 6.58 Å². The third-order valence-corrected chi connectivity index (χ3v) is 16.3. The van der Waals surface area contributed by atoms with Gasteiger partial charge in [-0.1, -0.05) is 79.7 Å². The molecular weight excluding hydrogens is 767 g/mol. The van der Waals surface area contributed by atoms with E-state index in [0.717, 1.165) is 83.6 Å². The van der Waals surface area contributed by atoms with Gasteiger partial charge in [-0.3, -0.25) is 33.6 Å². The minimum absolute atomic E-state index is 0.0279. The third-order valence-electron chi connectivity index (χ3n) is 15.2. The minimum Gasteiger partial charge on any atom is -0.343 e. The maximum absolute atomic E-state index is 15.3. The van der Waals surface area contributed by atoms with Crippen molar-refractivity contribution in [1.82, 2.24) is 34.8 Å². The van der Waals surface area contributed by atoms with Gasteiger partial charge in [0.25, 0.3) is 5.91 Å². The van der Waals surface area contributed by atoms with Crippen molar-refractivity contribution in [3.8, 4) is 0 Å². The molecule has 5 amide bonds. The number of hydrogen-bond acceptors (Lipinski definition) is 7. The molecule has 334 valence electrons. The highest BCUT2D eigenvalue weighted by Crippen LogP contribution is 2.78. The Kier molecular flexibility index (Phi) is 14.9. The average Bonchev–Trinajstić information content (AvgIpc) is 4.02. The number of amides is 5. The Morgan fingerprint density at radius 3 is 2.10 bits per heavy atom. The second-order valence-electron chi connectivity index (χ2n) is 20.5. The number of piperidine rings is 1. The van der Waals surface area contributed by atoms with Gasteiger partial charge in [0.05, 0.1) is 6.04 Å². The lowest BCUT2D eigenvalue weighted by Gasteiger charge is -2.41. The zero-order valence-electron chi connectivity index (χ0n) is 37.9. The quantitative estimate of drug-likeness (QED) is 0.142. The van der Waals surface area contributed by atoms with Gasteiger partial charge in [0, 0.05) is 32.1 Å². The van der Waals surface area contributed by atoms with E-state index in [-0.39, 0.29) is 58.4 Å². The molecule has 4 aliphatic carbocycles. The molecule has 0 radical (unpaired) electrons. The largest absolute Gasteiger partial charge is 0.343 e. The van der Waals surface area contributed by atoms with Crippen LogP contribution in [0.15, 0.2) is 12.7 Å². The first-order valence-electron chi connectivity index (χ1n) is 22.7. The summed E-state index contributed by atoms with van der Waals surface area (Å²) in [6.07, 6.45) is 13.3. The summed E-state index contributed by atoms with van der Waals surface area (Å²) in [6.45, 7) is 23.6. The standard InChI is InChI=1S/C45H77N7O6S/c1-12-25-50(11)59(58)49-41(57)45(27-32(45)13-2)48-37(53)30(5)52(28-34-43(9,10)44(34)23-19-24-44)40(56)36(42(6,7)8)47-39(55)35(31-20-15-14-16-21-31)46-38(54)33-22-17-18-26-51(33)29(3)4/h13,29-36H,2,12,14-28H2,1,3-11H3,(H,46,54)(H,47,55)(H,48,53)(H,49,57). The first-order valence-corrected chi connectivity index (χ1v) is 23.8. The van der Waals surface area contributed by atoms with Crippen LogP contribution in [0.3, 0.4) is 0 Å². The molecule has 1 aliphatic heterocycles. The molecule has 8 atom stereocenters. The summed E-state index contributed by atoms with van der Waals surface area (Å²) in [6, 6.07) is -2.92. The predicted molar refractivity (Wildman–Crippen MR) is 232 cm³/mol. The van der Waals surface area contributed by atoms with E-state index in [0.29, 0.717) is 19.5 Å². The van der Waals surface area contributed by atoms with Gasteiger partial charge >= 0.3 is 0 Å². The van der Waals surface area contributed by atoms with E-state index < -0.39 is 52.1 Å². The third kappa shape index (κ3) is 9.79. The van der Waals surface area contributed by atoms with Crippen LogP contribution in [0.2, 0.25) is 0 Å². The molecule has 4 saturated carbocycles. The van der Waals surface area contributed by atoms with Crippen LogP contribution >= 0.6 is 0 Å². The number of likely N-dealkylation sites (tertiary alicyclic amines) is 1. The molecular formula is C45H77N7O6S. The molecule has 4 N–H and O–H groups in total.